The standard InChI is InChI=1S/C46H77N3O13/c1-15-33-46(10,55)39(52)27(4)36(48-47-34(50)22-31-19-17-16-18-20-31)25(2)23-45(9,57-14)41(62-43-37(51)32(49(11)12)21-26(3)58-43)28(5)38(29(6)42(54)60-33)61-35-24-44(8,56-13)40(53)30(7)59-35/h16-20,25-30,32-33,35,37-41,43,51-53,55H,15,21-24H2,1-14H3,(H,47,50)/b48-36+/t25-,26?,27+,28+,29-,30+,32?,33-,35?,37?,38+,39-,40+,41-,43?,44-,45-,46-/m1/s1. The number of amides is 1. The molecular weight excluding hydrogens is 803 g/mol. The maximum atomic E-state index is 14.5. The summed E-state index contributed by atoms with van der Waals surface area (Å²) in [7, 11) is 6.82. The van der Waals surface area contributed by atoms with Crippen molar-refractivity contribution in [1.29, 1.82) is 0 Å². The van der Waals surface area contributed by atoms with Crippen molar-refractivity contribution in [2.45, 2.75) is 186 Å². The van der Waals surface area contributed by atoms with Crippen molar-refractivity contribution in [3.05, 3.63) is 35.9 Å². The van der Waals surface area contributed by atoms with Crippen LogP contribution in [0, 0.1) is 23.7 Å². The number of methoxy groups -OCH3 is 2. The average molecular weight is 880 g/mol. The van der Waals surface area contributed by atoms with Crippen LogP contribution in [0.3, 0.4) is 0 Å². The van der Waals surface area contributed by atoms with Gasteiger partial charge in [-0.25, -0.2) is 5.43 Å². The number of ether oxygens (including phenoxy) is 7. The molecule has 5 N–H and O–H groups in total. The zero-order valence-electron chi connectivity index (χ0n) is 39.4. The summed E-state index contributed by atoms with van der Waals surface area (Å²) in [6.45, 7) is 17.5. The van der Waals surface area contributed by atoms with Gasteiger partial charge < -0.3 is 58.5 Å². The van der Waals surface area contributed by atoms with Crippen LogP contribution in [0.25, 0.3) is 0 Å². The maximum absolute atomic E-state index is 14.5. The minimum Gasteiger partial charge on any atom is -0.459 e. The summed E-state index contributed by atoms with van der Waals surface area (Å²) in [5, 5.41) is 51.7. The Labute approximate surface area is 368 Å². The minimum atomic E-state index is -1.98. The number of likely N-dealkylation sites (N-methyl/N-ethyl adjacent to an activating group) is 1. The number of nitrogens with zero attached hydrogens (tertiary/aromatic N) is 2. The number of aliphatic hydroxyl groups is 4. The Balaban J connectivity index is 1.90. The Morgan fingerprint density at radius 1 is 0.903 bits per heavy atom. The normalized spacial score (nSPS) is 43.5. The molecular formula is C46H77N3O13. The van der Waals surface area contributed by atoms with Gasteiger partial charge in [0.25, 0.3) is 0 Å². The molecule has 16 nitrogen and oxygen atoms in total. The molecule has 4 rings (SSSR count). The fourth-order valence-electron chi connectivity index (χ4n) is 9.75. The van der Waals surface area contributed by atoms with E-state index >= 15 is 0 Å². The smallest absolute Gasteiger partial charge is 0.311 e. The van der Waals surface area contributed by atoms with Crippen LogP contribution in [-0.2, 0) is 49.2 Å². The minimum absolute atomic E-state index is 0.0549. The molecule has 0 bridgehead atoms. The monoisotopic (exact) mass is 880 g/mol. The van der Waals surface area contributed by atoms with Gasteiger partial charge >= 0.3 is 5.97 Å². The molecule has 0 aromatic heterocycles. The van der Waals surface area contributed by atoms with Gasteiger partial charge in [0.2, 0.25) is 5.91 Å². The second-order valence-electron chi connectivity index (χ2n) is 19.0. The van der Waals surface area contributed by atoms with Crippen LogP contribution in [0.1, 0.15) is 100 Å². The van der Waals surface area contributed by atoms with Crippen LogP contribution in [0.15, 0.2) is 35.4 Å². The van der Waals surface area contributed by atoms with E-state index in [1.165, 1.54) is 14.0 Å². The van der Waals surface area contributed by atoms with E-state index in [1.807, 2.05) is 77.0 Å². The molecule has 3 fully saturated rings. The van der Waals surface area contributed by atoms with E-state index in [-0.39, 0.29) is 43.7 Å². The molecule has 1 amide bonds. The predicted molar refractivity (Wildman–Crippen MR) is 232 cm³/mol. The van der Waals surface area contributed by atoms with Crippen LogP contribution in [0.4, 0.5) is 0 Å². The quantitative estimate of drug-likeness (QED) is 0.159. The molecule has 1 aromatic carbocycles. The zero-order valence-corrected chi connectivity index (χ0v) is 39.4. The number of esters is 1. The molecule has 62 heavy (non-hydrogen) atoms. The van der Waals surface area contributed by atoms with Crippen LogP contribution in [-0.4, -0.2) is 155 Å². The molecule has 0 spiro atoms. The first kappa shape index (κ1) is 52.0. The Kier molecular flexibility index (Phi) is 18.1. The first-order valence-electron chi connectivity index (χ1n) is 22.2. The van der Waals surface area contributed by atoms with Crippen molar-refractivity contribution in [3.63, 3.8) is 0 Å². The number of carbonyl (C=O) groups is 2. The highest BCUT2D eigenvalue weighted by molar-refractivity contribution is 5.90. The highest BCUT2D eigenvalue weighted by atomic mass is 16.7. The lowest BCUT2D eigenvalue weighted by Gasteiger charge is -2.50. The SMILES string of the molecule is CC[C@H]1OC(=O)[C@H](C)[C@@H](OC2C[C@@](C)(OC)[C@@H](O)[C@H](C)O2)[C@H](C)[C@@H](OC2OC(C)CC(N(C)C)C2O)[C@](C)(OC)C[C@@H](C)/C(=N\NC(=O)Cc2ccccc2)[C@H](C)[C@@H](O)[C@]1(C)O. The summed E-state index contributed by atoms with van der Waals surface area (Å²) in [4.78, 5) is 29.7. The van der Waals surface area contributed by atoms with E-state index in [9.17, 15) is 30.0 Å². The first-order valence-corrected chi connectivity index (χ1v) is 22.2. The summed E-state index contributed by atoms with van der Waals surface area (Å²) in [6.07, 6.45) is -8.79. The van der Waals surface area contributed by atoms with Crippen LogP contribution in [0.5, 0.6) is 0 Å². The Bertz CT molecular complexity index is 1630. The number of hydrogen-bond acceptors (Lipinski definition) is 15. The van der Waals surface area contributed by atoms with E-state index in [1.54, 1.807) is 41.7 Å². The van der Waals surface area contributed by atoms with Gasteiger partial charge in [-0.1, -0.05) is 58.0 Å². The maximum Gasteiger partial charge on any atom is 0.311 e. The summed E-state index contributed by atoms with van der Waals surface area (Å²) < 4.78 is 44.8. The molecule has 0 saturated carbocycles. The number of hydrazone groups is 1. The van der Waals surface area contributed by atoms with Gasteiger partial charge in [-0.3, -0.25) is 9.59 Å². The average Bonchev–Trinajstić information content (AvgIpc) is 3.22. The van der Waals surface area contributed by atoms with Gasteiger partial charge in [0.05, 0.1) is 54.1 Å². The largest absolute Gasteiger partial charge is 0.459 e. The third-order valence-corrected chi connectivity index (χ3v) is 13.8. The van der Waals surface area contributed by atoms with Crippen molar-refractivity contribution in [2.75, 3.05) is 28.3 Å². The Morgan fingerprint density at radius 2 is 1.53 bits per heavy atom. The number of aliphatic hydroxyl groups excluding tert-OH is 3. The van der Waals surface area contributed by atoms with Crippen LogP contribution < -0.4 is 5.43 Å². The molecule has 3 aliphatic heterocycles. The number of rotatable bonds is 11. The third kappa shape index (κ3) is 11.8. The Morgan fingerprint density at radius 3 is 2.11 bits per heavy atom. The van der Waals surface area contributed by atoms with Gasteiger partial charge in [0, 0.05) is 44.2 Å². The number of cyclic esters (lactones) is 1. The summed E-state index contributed by atoms with van der Waals surface area (Å²) in [5.41, 5.74) is -0.468. The molecule has 18 atom stereocenters. The molecule has 354 valence electrons. The van der Waals surface area contributed by atoms with E-state index in [0.29, 0.717) is 12.1 Å². The second-order valence-corrected chi connectivity index (χ2v) is 19.0. The number of hydrogen-bond donors (Lipinski definition) is 5. The molecule has 3 heterocycles. The molecule has 3 saturated heterocycles. The van der Waals surface area contributed by atoms with Crippen LogP contribution >= 0.6 is 0 Å². The van der Waals surface area contributed by atoms with Crippen molar-refractivity contribution in [2.24, 2.45) is 28.8 Å². The van der Waals surface area contributed by atoms with Gasteiger partial charge in [0.1, 0.15) is 23.9 Å². The lowest BCUT2D eigenvalue weighted by atomic mass is 9.73. The van der Waals surface area contributed by atoms with Crippen LogP contribution in [0.2, 0.25) is 0 Å². The van der Waals surface area contributed by atoms with Gasteiger partial charge in [-0.05, 0) is 86.4 Å². The summed E-state index contributed by atoms with van der Waals surface area (Å²) >= 11 is 0. The Hall–Kier alpha value is -2.61. The number of carbonyl (C=O) groups excluding carboxylic acids is 2. The van der Waals surface area contributed by atoms with E-state index in [2.05, 4.69) is 10.5 Å². The van der Waals surface area contributed by atoms with Gasteiger partial charge in [0.15, 0.2) is 12.6 Å². The lowest BCUT2D eigenvalue weighted by molar-refractivity contribution is -0.319. The topological polar surface area (TPSA) is 207 Å². The van der Waals surface area contributed by atoms with Crippen molar-refractivity contribution >= 4 is 17.6 Å². The molecule has 3 aliphatic rings. The number of nitrogens with one attached hydrogen (secondary N) is 1. The fourth-order valence-corrected chi connectivity index (χ4v) is 9.75. The predicted octanol–water partition coefficient (Wildman–Crippen LogP) is 3.59. The lowest BCUT2D eigenvalue weighted by Crippen LogP contribution is -2.61. The fraction of sp³-hybridized carbons (Fsp3) is 0.804. The number of benzene rings is 1. The molecule has 5 unspecified atom stereocenters. The molecule has 16 heteroatoms. The zero-order chi connectivity index (χ0) is 46.5. The molecule has 0 aliphatic carbocycles. The van der Waals surface area contributed by atoms with E-state index < -0.39 is 102 Å². The first-order chi connectivity index (χ1) is 28.9. The van der Waals surface area contributed by atoms with E-state index in [0.717, 1.165) is 5.56 Å². The van der Waals surface area contributed by atoms with Crippen molar-refractivity contribution in [1.82, 2.24) is 10.3 Å². The van der Waals surface area contributed by atoms with E-state index in [4.69, 9.17) is 33.2 Å². The molecule has 1 aromatic rings. The highest BCUT2D eigenvalue weighted by Crippen LogP contribution is 2.42. The van der Waals surface area contributed by atoms with Gasteiger partial charge in [-0.15, -0.1) is 0 Å². The highest BCUT2D eigenvalue weighted by Gasteiger charge is 2.54. The van der Waals surface area contributed by atoms with Crippen molar-refractivity contribution < 1.29 is 63.2 Å². The molecule has 0 radical (unpaired) electrons. The summed E-state index contributed by atoms with van der Waals surface area (Å²) in [5.74, 6) is -4.29. The summed E-state index contributed by atoms with van der Waals surface area (Å²) in [6, 6.07) is 8.92. The van der Waals surface area contributed by atoms with Gasteiger partial charge in [-0.2, -0.15) is 5.10 Å². The third-order valence-electron chi connectivity index (χ3n) is 13.8. The second kappa shape index (κ2) is 21.6. The van der Waals surface area contributed by atoms with Crippen molar-refractivity contribution in [3.8, 4) is 0 Å².